The minimum absolute atomic E-state index is 0.102. The first-order valence-corrected chi connectivity index (χ1v) is 4.29. The van der Waals surface area contributed by atoms with Crippen LogP contribution in [0.4, 0.5) is 0 Å². The summed E-state index contributed by atoms with van der Waals surface area (Å²) in [4.78, 5) is 18.0. The number of aromatic amines is 1. The molecule has 1 radical (unpaired) electrons. The number of nitrogens with zero attached hydrogens (tertiary/aromatic N) is 1. The number of H-pyrrole nitrogens is 1. The molecule has 0 unspecified atom stereocenters. The van der Waals surface area contributed by atoms with E-state index in [9.17, 15) is 4.79 Å². The molecule has 2 aromatic rings. The molecule has 0 aliphatic heterocycles. The zero-order valence-corrected chi connectivity index (χ0v) is 7.79. The van der Waals surface area contributed by atoms with Crippen molar-refractivity contribution in [2.45, 2.75) is 0 Å². The molecule has 1 heterocycles. The Morgan fingerprint density at radius 3 is 2.92 bits per heavy atom. The Labute approximate surface area is 76.6 Å². The van der Waals surface area contributed by atoms with Gasteiger partial charge in [0, 0.05) is 0 Å². The Morgan fingerprint density at radius 2 is 2.08 bits per heavy atom. The van der Waals surface area contributed by atoms with Crippen LogP contribution in [0.15, 0.2) is 29.1 Å². The monoisotopic (exact) mass is 225 g/mol. The third-order valence-electron chi connectivity index (χ3n) is 1.59. The van der Waals surface area contributed by atoms with Crippen LogP contribution in [0, 0.1) is 0 Å². The van der Waals surface area contributed by atoms with Gasteiger partial charge in [0.2, 0.25) is 0 Å². The molecule has 0 atom stereocenters. The molecule has 12 heavy (non-hydrogen) atoms. The van der Waals surface area contributed by atoms with Gasteiger partial charge < -0.3 is 0 Å². The molecule has 0 aliphatic carbocycles. The predicted octanol–water partition coefficient (Wildman–Crippen LogP) is -0.283. The summed E-state index contributed by atoms with van der Waals surface area (Å²) in [6.45, 7) is 0. The molecule has 0 aliphatic rings. The Hall–Kier alpha value is -1.12. The van der Waals surface area contributed by atoms with E-state index in [0.717, 1.165) is 5.52 Å². The van der Waals surface area contributed by atoms with Crippen molar-refractivity contribution in [2.75, 3.05) is 0 Å². The summed E-state index contributed by atoms with van der Waals surface area (Å²) >= 11 is 2.67. The number of rotatable bonds is 0. The van der Waals surface area contributed by atoms with Crippen molar-refractivity contribution in [1.82, 2.24) is 9.97 Å². The van der Waals surface area contributed by atoms with Crippen LogP contribution in [0.5, 0.6) is 0 Å². The Kier molecular flexibility index (Phi) is 1.71. The summed E-state index contributed by atoms with van der Waals surface area (Å²) in [5.41, 5.74) is 0.615. The molecule has 0 saturated heterocycles. The van der Waals surface area contributed by atoms with Crippen molar-refractivity contribution in [3.63, 3.8) is 0 Å². The van der Waals surface area contributed by atoms with Crippen LogP contribution in [-0.4, -0.2) is 26.0 Å². The molecule has 2 rings (SSSR count). The van der Waals surface area contributed by atoms with E-state index in [4.69, 9.17) is 0 Å². The number of hydrogen-bond donors (Lipinski definition) is 1. The van der Waals surface area contributed by atoms with Gasteiger partial charge in [-0.05, 0) is 0 Å². The average molecular weight is 224 g/mol. The summed E-state index contributed by atoms with van der Waals surface area (Å²) in [6, 6.07) is 7.23. The second kappa shape index (κ2) is 2.73. The average Bonchev–Trinajstić information content (AvgIpc) is 2.04. The van der Waals surface area contributed by atoms with E-state index in [1.807, 2.05) is 18.2 Å². The number of aromatic nitrogens is 2. The van der Waals surface area contributed by atoms with Crippen molar-refractivity contribution in [2.24, 2.45) is 0 Å². The van der Waals surface area contributed by atoms with E-state index in [0.29, 0.717) is 10.1 Å². The summed E-state index contributed by atoms with van der Waals surface area (Å²) < 4.78 is 0.527. The first-order chi connectivity index (χ1) is 5.77. The summed E-state index contributed by atoms with van der Waals surface area (Å²) in [5, 5.41) is 0.622. The predicted molar refractivity (Wildman–Crippen MR) is 47.8 cm³/mol. The first-order valence-electron chi connectivity index (χ1n) is 3.43. The van der Waals surface area contributed by atoms with Crippen molar-refractivity contribution in [3.8, 4) is 0 Å². The maximum atomic E-state index is 11.3. The van der Waals surface area contributed by atoms with E-state index in [1.165, 1.54) is 0 Å². The van der Waals surface area contributed by atoms with E-state index in [2.05, 4.69) is 26.0 Å². The van der Waals surface area contributed by atoms with E-state index >= 15 is 0 Å². The number of benzene rings is 1. The fourth-order valence-electron chi connectivity index (χ4n) is 1.06. The topological polar surface area (TPSA) is 45.8 Å². The zero-order chi connectivity index (χ0) is 8.55. The summed E-state index contributed by atoms with van der Waals surface area (Å²) in [6.07, 6.45) is 0. The quantitative estimate of drug-likeness (QED) is 0.625. The number of nitrogens with one attached hydrogen (secondary N) is 1. The van der Waals surface area contributed by atoms with Gasteiger partial charge in [-0.3, -0.25) is 0 Å². The standard InChI is InChI=1S/C8H5N2OSe/c11-7-5-3-1-2-4-6(5)9-8(12)10-7/h1-4H,(H,9,10,11). The SMILES string of the molecule is O=c1[nH]c([Se])nc2ccccc12. The molecule has 0 spiro atoms. The maximum absolute atomic E-state index is 11.3. The van der Waals surface area contributed by atoms with Crippen LogP contribution < -0.4 is 10.3 Å². The van der Waals surface area contributed by atoms with Crippen LogP contribution >= 0.6 is 0 Å². The van der Waals surface area contributed by atoms with Crippen molar-refractivity contribution in [1.29, 1.82) is 0 Å². The van der Waals surface area contributed by atoms with Crippen molar-refractivity contribution < 1.29 is 0 Å². The fourth-order valence-corrected chi connectivity index (χ4v) is 1.47. The van der Waals surface area contributed by atoms with Crippen LogP contribution in [0.2, 0.25) is 0 Å². The van der Waals surface area contributed by atoms with E-state index in [-0.39, 0.29) is 5.56 Å². The van der Waals surface area contributed by atoms with Gasteiger partial charge in [-0.1, -0.05) is 0 Å². The molecule has 3 nitrogen and oxygen atoms in total. The third-order valence-corrected chi connectivity index (χ3v) is 2.00. The normalized spacial score (nSPS) is 10.3. The summed E-state index contributed by atoms with van der Waals surface area (Å²) in [5.74, 6) is 0. The molecular formula is C8H5N2OSe. The van der Waals surface area contributed by atoms with Crippen LogP contribution in [0.25, 0.3) is 10.9 Å². The van der Waals surface area contributed by atoms with Gasteiger partial charge in [-0.2, -0.15) is 0 Å². The zero-order valence-electron chi connectivity index (χ0n) is 6.07. The Bertz CT molecular complexity index is 478. The molecule has 4 heteroatoms. The van der Waals surface area contributed by atoms with Gasteiger partial charge >= 0.3 is 76.2 Å². The molecule has 1 aromatic heterocycles. The van der Waals surface area contributed by atoms with Crippen LogP contribution in [-0.2, 0) is 0 Å². The molecule has 0 saturated carbocycles. The second-order valence-corrected chi connectivity index (χ2v) is 3.20. The first kappa shape index (κ1) is 7.52. The number of para-hydroxylation sites is 1. The van der Waals surface area contributed by atoms with Crippen LogP contribution in [0.3, 0.4) is 0 Å². The van der Waals surface area contributed by atoms with Gasteiger partial charge in [0.1, 0.15) is 0 Å². The van der Waals surface area contributed by atoms with Gasteiger partial charge in [-0.15, -0.1) is 0 Å². The Morgan fingerprint density at radius 1 is 1.33 bits per heavy atom. The Balaban J connectivity index is 2.99. The van der Waals surface area contributed by atoms with Crippen LogP contribution in [0.1, 0.15) is 0 Å². The summed E-state index contributed by atoms with van der Waals surface area (Å²) in [7, 11) is 0. The molecule has 0 fully saturated rings. The molecule has 59 valence electrons. The fraction of sp³-hybridized carbons (Fsp3) is 0. The van der Waals surface area contributed by atoms with Gasteiger partial charge in [0.25, 0.3) is 0 Å². The molecule has 0 bridgehead atoms. The van der Waals surface area contributed by atoms with Crippen molar-refractivity contribution in [3.05, 3.63) is 34.6 Å². The second-order valence-electron chi connectivity index (χ2n) is 2.39. The molecule has 0 amide bonds. The minimum atomic E-state index is -0.102. The number of fused-ring (bicyclic) bond motifs is 1. The van der Waals surface area contributed by atoms with Gasteiger partial charge in [0.05, 0.1) is 0 Å². The van der Waals surface area contributed by atoms with E-state index in [1.54, 1.807) is 6.07 Å². The molecule has 1 N–H and O–H groups in total. The van der Waals surface area contributed by atoms with E-state index < -0.39 is 0 Å². The van der Waals surface area contributed by atoms with Crippen molar-refractivity contribution >= 4 is 31.6 Å². The van der Waals surface area contributed by atoms with Gasteiger partial charge in [0.15, 0.2) is 0 Å². The third kappa shape index (κ3) is 1.15. The number of hydrogen-bond acceptors (Lipinski definition) is 2. The van der Waals surface area contributed by atoms with Gasteiger partial charge in [-0.25, -0.2) is 0 Å². The molecular weight excluding hydrogens is 219 g/mol. The molecule has 1 aromatic carbocycles.